The average Bonchev–Trinajstić information content (AvgIpc) is 2.50. The van der Waals surface area contributed by atoms with E-state index in [1.165, 1.54) is 6.07 Å². The van der Waals surface area contributed by atoms with E-state index in [9.17, 15) is 8.42 Å². The Hall–Kier alpha value is -1.25. The van der Waals surface area contributed by atoms with E-state index in [2.05, 4.69) is 36.6 Å². The number of anilines is 1. The molecule has 0 radical (unpaired) electrons. The highest BCUT2D eigenvalue weighted by Gasteiger charge is 2.23. The molecule has 8 heteroatoms. The van der Waals surface area contributed by atoms with Crippen LogP contribution in [0.5, 0.6) is 11.5 Å². The van der Waals surface area contributed by atoms with Crippen LogP contribution in [0.2, 0.25) is 0 Å². The van der Waals surface area contributed by atoms with Gasteiger partial charge in [-0.25, -0.2) is 8.42 Å². The van der Waals surface area contributed by atoms with Gasteiger partial charge in [-0.05, 0) is 52.7 Å². The molecule has 1 heterocycles. The molecular formula is C15H13Br2NO4S. The van der Waals surface area contributed by atoms with Crippen LogP contribution >= 0.6 is 31.9 Å². The van der Waals surface area contributed by atoms with Gasteiger partial charge in [0, 0.05) is 20.7 Å². The summed E-state index contributed by atoms with van der Waals surface area (Å²) in [5, 5.41) is 0. The number of nitrogens with one attached hydrogen (secondary N) is 1. The van der Waals surface area contributed by atoms with Crippen LogP contribution in [0.3, 0.4) is 0 Å². The number of rotatable bonds is 3. The van der Waals surface area contributed by atoms with Crippen LogP contribution in [0.15, 0.2) is 44.2 Å². The zero-order valence-corrected chi connectivity index (χ0v) is 16.1. The van der Waals surface area contributed by atoms with Crippen molar-refractivity contribution in [2.75, 3.05) is 17.9 Å². The first-order valence-corrected chi connectivity index (χ1v) is 9.82. The fraction of sp³-hybridized carbons (Fsp3) is 0.200. The van der Waals surface area contributed by atoms with Gasteiger partial charge < -0.3 is 9.47 Å². The lowest BCUT2D eigenvalue weighted by Gasteiger charge is -2.20. The van der Waals surface area contributed by atoms with E-state index in [1.54, 1.807) is 24.3 Å². The van der Waals surface area contributed by atoms with Crippen molar-refractivity contribution in [3.63, 3.8) is 0 Å². The quantitative estimate of drug-likeness (QED) is 0.745. The first-order chi connectivity index (χ1) is 10.9. The maximum atomic E-state index is 12.7. The summed E-state index contributed by atoms with van der Waals surface area (Å²) < 4.78 is 40.1. The molecule has 0 spiro atoms. The Balaban J connectivity index is 1.97. The van der Waals surface area contributed by atoms with E-state index in [-0.39, 0.29) is 4.90 Å². The minimum atomic E-state index is -3.75. The van der Waals surface area contributed by atoms with Crippen LogP contribution in [0.4, 0.5) is 5.69 Å². The Morgan fingerprint density at radius 2 is 1.65 bits per heavy atom. The van der Waals surface area contributed by atoms with Gasteiger partial charge in [0.25, 0.3) is 10.0 Å². The van der Waals surface area contributed by atoms with Crippen molar-refractivity contribution in [1.29, 1.82) is 0 Å². The van der Waals surface area contributed by atoms with Crippen molar-refractivity contribution in [3.05, 3.63) is 44.8 Å². The molecule has 1 N–H and O–H groups in total. The molecule has 0 bridgehead atoms. The standard InChI is InChI=1S/C15H13Br2NO4S/c1-9-6-10(2-3-11(9)16)18-23(19,20)15-8-14-13(7-12(15)17)21-4-5-22-14/h2-3,6-8,18H,4-5H2,1H3. The Kier molecular flexibility index (Phi) is 4.57. The summed E-state index contributed by atoms with van der Waals surface area (Å²) in [5.41, 5.74) is 1.43. The Morgan fingerprint density at radius 3 is 2.30 bits per heavy atom. The summed E-state index contributed by atoms with van der Waals surface area (Å²) in [5.74, 6) is 0.952. The highest BCUT2D eigenvalue weighted by Crippen LogP contribution is 2.38. The van der Waals surface area contributed by atoms with Gasteiger partial charge in [-0.2, -0.15) is 0 Å². The molecule has 0 saturated heterocycles. The third-order valence-electron chi connectivity index (χ3n) is 3.30. The van der Waals surface area contributed by atoms with E-state index in [4.69, 9.17) is 9.47 Å². The van der Waals surface area contributed by atoms with Gasteiger partial charge in [-0.15, -0.1) is 0 Å². The van der Waals surface area contributed by atoms with Crippen molar-refractivity contribution in [2.24, 2.45) is 0 Å². The van der Waals surface area contributed by atoms with Crippen LogP contribution in [-0.4, -0.2) is 21.6 Å². The van der Waals surface area contributed by atoms with Crippen LogP contribution in [0.1, 0.15) is 5.56 Å². The minimum Gasteiger partial charge on any atom is -0.486 e. The molecule has 0 amide bonds. The van der Waals surface area contributed by atoms with Crippen molar-refractivity contribution in [2.45, 2.75) is 11.8 Å². The highest BCUT2D eigenvalue weighted by molar-refractivity contribution is 9.10. The molecule has 2 aromatic carbocycles. The summed E-state index contributed by atoms with van der Waals surface area (Å²) >= 11 is 6.68. The topological polar surface area (TPSA) is 64.6 Å². The van der Waals surface area contributed by atoms with Crippen LogP contribution in [0, 0.1) is 6.92 Å². The smallest absolute Gasteiger partial charge is 0.263 e. The SMILES string of the molecule is Cc1cc(NS(=O)(=O)c2cc3c(cc2Br)OCCO3)ccc1Br. The lowest BCUT2D eigenvalue weighted by molar-refractivity contribution is 0.171. The number of sulfonamides is 1. The minimum absolute atomic E-state index is 0.0994. The third-order valence-corrected chi connectivity index (χ3v) is 6.53. The van der Waals surface area contributed by atoms with Crippen molar-refractivity contribution in [3.8, 4) is 11.5 Å². The van der Waals surface area contributed by atoms with Gasteiger partial charge in [0.1, 0.15) is 18.1 Å². The van der Waals surface area contributed by atoms with Crippen molar-refractivity contribution < 1.29 is 17.9 Å². The summed E-state index contributed by atoms with van der Waals surface area (Å²) in [7, 11) is -3.75. The number of aryl methyl sites for hydroxylation is 1. The summed E-state index contributed by atoms with van der Waals surface area (Å²) in [6.45, 7) is 2.73. The molecule has 122 valence electrons. The molecular weight excluding hydrogens is 450 g/mol. The normalized spacial score (nSPS) is 13.7. The van der Waals surface area contributed by atoms with Gasteiger partial charge in [-0.1, -0.05) is 15.9 Å². The second-order valence-corrected chi connectivity index (χ2v) is 8.36. The molecule has 1 aliphatic heterocycles. The summed E-state index contributed by atoms with van der Waals surface area (Å²) in [4.78, 5) is 0.0994. The maximum absolute atomic E-state index is 12.7. The zero-order chi connectivity index (χ0) is 16.6. The van der Waals surface area contributed by atoms with Gasteiger partial charge in [0.15, 0.2) is 11.5 Å². The van der Waals surface area contributed by atoms with Crippen LogP contribution < -0.4 is 14.2 Å². The van der Waals surface area contributed by atoms with Gasteiger partial charge >= 0.3 is 0 Å². The van der Waals surface area contributed by atoms with E-state index in [1.807, 2.05) is 6.92 Å². The lowest BCUT2D eigenvalue weighted by Crippen LogP contribution is -2.18. The first kappa shape index (κ1) is 16.6. The monoisotopic (exact) mass is 461 g/mol. The van der Waals surface area contributed by atoms with Crippen molar-refractivity contribution >= 4 is 47.6 Å². The zero-order valence-electron chi connectivity index (χ0n) is 12.1. The van der Waals surface area contributed by atoms with E-state index < -0.39 is 10.0 Å². The first-order valence-electron chi connectivity index (χ1n) is 6.75. The summed E-state index contributed by atoms with van der Waals surface area (Å²) in [6.07, 6.45) is 0. The van der Waals surface area contributed by atoms with Crippen LogP contribution in [0.25, 0.3) is 0 Å². The fourth-order valence-electron chi connectivity index (χ4n) is 2.17. The molecule has 23 heavy (non-hydrogen) atoms. The van der Waals surface area contributed by atoms with Crippen molar-refractivity contribution in [1.82, 2.24) is 0 Å². The number of halogens is 2. The number of fused-ring (bicyclic) bond motifs is 1. The number of benzene rings is 2. The van der Waals surface area contributed by atoms with E-state index >= 15 is 0 Å². The second kappa shape index (κ2) is 6.33. The fourth-order valence-corrected chi connectivity index (χ4v) is 4.50. The molecule has 0 fully saturated rings. The van der Waals surface area contributed by atoms with E-state index in [0.717, 1.165) is 10.0 Å². The molecule has 3 rings (SSSR count). The predicted octanol–water partition coefficient (Wildman–Crippen LogP) is 4.09. The molecule has 0 unspecified atom stereocenters. The third kappa shape index (κ3) is 3.49. The molecule has 0 atom stereocenters. The highest BCUT2D eigenvalue weighted by atomic mass is 79.9. The number of hydrogen-bond donors (Lipinski definition) is 1. The summed E-state index contributed by atoms with van der Waals surface area (Å²) in [6, 6.07) is 8.32. The molecule has 0 aliphatic carbocycles. The Bertz CT molecular complexity index is 868. The van der Waals surface area contributed by atoms with Crippen LogP contribution in [-0.2, 0) is 10.0 Å². The van der Waals surface area contributed by atoms with Gasteiger partial charge in [0.05, 0.1) is 0 Å². The molecule has 0 aromatic heterocycles. The molecule has 5 nitrogen and oxygen atoms in total. The van der Waals surface area contributed by atoms with Gasteiger partial charge in [0.2, 0.25) is 0 Å². The Labute approximate surface area is 151 Å². The number of ether oxygens (including phenoxy) is 2. The molecule has 2 aromatic rings. The predicted molar refractivity (Wildman–Crippen MR) is 94.8 cm³/mol. The largest absolute Gasteiger partial charge is 0.486 e. The average molecular weight is 463 g/mol. The molecule has 1 aliphatic rings. The molecule has 0 saturated carbocycles. The number of hydrogen-bond acceptors (Lipinski definition) is 4. The Morgan fingerprint density at radius 1 is 1.00 bits per heavy atom. The van der Waals surface area contributed by atoms with E-state index in [0.29, 0.717) is 34.9 Å². The maximum Gasteiger partial charge on any atom is 0.263 e. The van der Waals surface area contributed by atoms with Gasteiger partial charge in [-0.3, -0.25) is 4.72 Å². The second-order valence-electron chi connectivity index (χ2n) is 5.00. The lowest BCUT2D eigenvalue weighted by atomic mass is 10.2.